The number of esters is 1. The number of amides is 1. The van der Waals surface area contributed by atoms with E-state index in [-0.39, 0.29) is 30.1 Å². The molecule has 1 aliphatic heterocycles. The highest BCUT2D eigenvalue weighted by Gasteiger charge is 2.32. The molecule has 1 aliphatic carbocycles. The van der Waals surface area contributed by atoms with Crippen LogP contribution in [0.15, 0.2) is 24.3 Å². The summed E-state index contributed by atoms with van der Waals surface area (Å²) in [4.78, 5) is 27.3. The van der Waals surface area contributed by atoms with Crippen LogP contribution in [0.25, 0.3) is 0 Å². The number of rotatable bonds is 8. The molecule has 7 nitrogen and oxygen atoms in total. The summed E-state index contributed by atoms with van der Waals surface area (Å²) >= 11 is 0. The highest BCUT2D eigenvalue weighted by molar-refractivity contribution is 7.89. The molecule has 0 radical (unpaired) electrons. The fourth-order valence-electron chi connectivity index (χ4n) is 4.49. The molecule has 1 aromatic carbocycles. The van der Waals surface area contributed by atoms with Gasteiger partial charge in [-0.3, -0.25) is 9.59 Å². The Balaban J connectivity index is 1.56. The van der Waals surface area contributed by atoms with E-state index >= 15 is 0 Å². The molecule has 0 aromatic heterocycles. The summed E-state index contributed by atoms with van der Waals surface area (Å²) in [5.74, 6) is -1.37. The molecule has 0 bridgehead atoms. The van der Waals surface area contributed by atoms with Gasteiger partial charge in [0.1, 0.15) is 5.82 Å². The van der Waals surface area contributed by atoms with Crippen molar-refractivity contribution in [2.45, 2.75) is 64.5 Å². The number of halogens is 1. The number of piperidine rings is 1. The van der Waals surface area contributed by atoms with Crippen LogP contribution in [0, 0.1) is 11.7 Å². The summed E-state index contributed by atoms with van der Waals surface area (Å²) in [6.45, 7) is 2.22. The second-order valence-electron chi connectivity index (χ2n) is 8.62. The quantitative estimate of drug-likeness (QED) is 0.548. The average molecular weight is 469 g/mol. The van der Waals surface area contributed by atoms with Gasteiger partial charge < -0.3 is 9.64 Å². The smallest absolute Gasteiger partial charge is 0.309 e. The molecule has 32 heavy (non-hydrogen) atoms. The van der Waals surface area contributed by atoms with Gasteiger partial charge >= 0.3 is 5.97 Å². The molecule has 9 heteroatoms. The molecule has 2 fully saturated rings. The van der Waals surface area contributed by atoms with Crippen LogP contribution in [0.1, 0.15) is 57.4 Å². The van der Waals surface area contributed by atoms with Gasteiger partial charge in [-0.2, -0.15) is 0 Å². The number of benzene rings is 1. The minimum Gasteiger partial charge on any atom is -0.455 e. The zero-order valence-corrected chi connectivity index (χ0v) is 19.5. The van der Waals surface area contributed by atoms with Crippen molar-refractivity contribution in [1.82, 2.24) is 9.21 Å². The van der Waals surface area contributed by atoms with Crippen molar-refractivity contribution >= 4 is 21.9 Å². The van der Waals surface area contributed by atoms with E-state index in [1.165, 1.54) is 16.4 Å². The molecule has 0 spiro atoms. The number of carbonyl (C=O) groups excluding carboxylic acids is 2. The van der Waals surface area contributed by atoms with Gasteiger partial charge in [-0.1, -0.05) is 31.4 Å². The molecule has 1 aromatic rings. The van der Waals surface area contributed by atoms with Crippen molar-refractivity contribution < 1.29 is 27.1 Å². The van der Waals surface area contributed by atoms with Gasteiger partial charge in [0, 0.05) is 25.7 Å². The molecule has 1 heterocycles. The monoisotopic (exact) mass is 468 g/mol. The third kappa shape index (κ3) is 6.51. The van der Waals surface area contributed by atoms with Gasteiger partial charge in [0.15, 0.2) is 6.61 Å². The van der Waals surface area contributed by atoms with E-state index in [9.17, 15) is 22.4 Å². The third-order valence-electron chi connectivity index (χ3n) is 6.49. The first-order valence-electron chi connectivity index (χ1n) is 11.5. The Labute approximate surface area is 190 Å². The number of nitrogens with zero attached hydrogens (tertiary/aromatic N) is 2. The minimum atomic E-state index is -3.26. The van der Waals surface area contributed by atoms with E-state index < -0.39 is 21.9 Å². The maximum atomic E-state index is 13.3. The number of ether oxygens (including phenoxy) is 1. The van der Waals surface area contributed by atoms with E-state index in [1.807, 2.05) is 0 Å². The standard InChI is InChI=1S/C23H33FN2O5S/c1-2-32(29,30)25-14-12-19(13-15-25)23(28)31-17-22(27)26(21-6-4-3-5-7-21)16-18-8-10-20(24)11-9-18/h8-11,19,21H,2-7,12-17H2,1H3. The van der Waals surface area contributed by atoms with E-state index in [1.54, 1.807) is 24.0 Å². The van der Waals surface area contributed by atoms with Crippen LogP contribution >= 0.6 is 0 Å². The van der Waals surface area contributed by atoms with E-state index in [0.717, 1.165) is 37.7 Å². The number of carbonyl (C=O) groups is 2. The molecule has 178 valence electrons. The summed E-state index contributed by atoms with van der Waals surface area (Å²) in [5, 5.41) is 0. The van der Waals surface area contributed by atoms with Crippen molar-refractivity contribution in [3.05, 3.63) is 35.6 Å². The van der Waals surface area contributed by atoms with Crippen LogP contribution in [0.5, 0.6) is 0 Å². The van der Waals surface area contributed by atoms with Crippen molar-refractivity contribution in [2.75, 3.05) is 25.4 Å². The van der Waals surface area contributed by atoms with Crippen molar-refractivity contribution in [2.24, 2.45) is 5.92 Å². The SMILES string of the molecule is CCS(=O)(=O)N1CCC(C(=O)OCC(=O)N(Cc2ccc(F)cc2)C2CCCCC2)CC1. The van der Waals surface area contributed by atoms with Crippen LogP contribution in [-0.2, 0) is 30.9 Å². The molecule has 1 amide bonds. The number of hydrogen-bond donors (Lipinski definition) is 0. The molecule has 3 rings (SSSR count). The highest BCUT2D eigenvalue weighted by Crippen LogP contribution is 2.25. The Morgan fingerprint density at radius 3 is 2.28 bits per heavy atom. The van der Waals surface area contributed by atoms with E-state index in [0.29, 0.717) is 32.5 Å². The predicted molar refractivity (Wildman–Crippen MR) is 119 cm³/mol. The number of hydrogen-bond acceptors (Lipinski definition) is 5. The molecule has 1 saturated heterocycles. The first kappa shape index (κ1) is 24.6. The normalized spacial score (nSPS) is 18.9. The number of sulfonamides is 1. The van der Waals surface area contributed by atoms with E-state index in [4.69, 9.17) is 4.74 Å². The second-order valence-corrected chi connectivity index (χ2v) is 10.9. The van der Waals surface area contributed by atoms with Crippen molar-refractivity contribution in [1.29, 1.82) is 0 Å². The highest BCUT2D eigenvalue weighted by atomic mass is 32.2. The first-order valence-corrected chi connectivity index (χ1v) is 13.1. The summed E-state index contributed by atoms with van der Waals surface area (Å²) < 4.78 is 44.0. The maximum absolute atomic E-state index is 13.3. The Morgan fingerprint density at radius 2 is 1.69 bits per heavy atom. The van der Waals surface area contributed by atoms with Gasteiger partial charge in [0.05, 0.1) is 11.7 Å². The Bertz CT molecular complexity index is 876. The Hall–Kier alpha value is -2.00. The van der Waals surface area contributed by atoms with Crippen LogP contribution in [0.4, 0.5) is 4.39 Å². The van der Waals surface area contributed by atoms with Crippen molar-refractivity contribution in [3.63, 3.8) is 0 Å². The topological polar surface area (TPSA) is 84.0 Å². The lowest BCUT2D eigenvalue weighted by Gasteiger charge is -2.34. The van der Waals surface area contributed by atoms with Crippen LogP contribution in [0.2, 0.25) is 0 Å². The van der Waals surface area contributed by atoms with Gasteiger partial charge in [0.25, 0.3) is 5.91 Å². The molecule has 0 N–H and O–H groups in total. The van der Waals surface area contributed by atoms with Gasteiger partial charge in [-0.25, -0.2) is 17.1 Å². The minimum absolute atomic E-state index is 0.0433. The van der Waals surface area contributed by atoms with Gasteiger partial charge in [-0.15, -0.1) is 0 Å². The van der Waals surface area contributed by atoms with Crippen molar-refractivity contribution in [3.8, 4) is 0 Å². The Morgan fingerprint density at radius 1 is 1.06 bits per heavy atom. The lowest BCUT2D eigenvalue weighted by atomic mass is 9.93. The lowest BCUT2D eigenvalue weighted by molar-refractivity contribution is -0.157. The summed E-state index contributed by atoms with van der Waals surface area (Å²) in [6, 6.07) is 6.18. The van der Waals surface area contributed by atoms with Gasteiger partial charge in [0.2, 0.25) is 10.0 Å². The largest absolute Gasteiger partial charge is 0.455 e. The second kappa shape index (κ2) is 11.2. The van der Waals surface area contributed by atoms with Gasteiger partial charge in [-0.05, 0) is 50.3 Å². The molecular weight excluding hydrogens is 435 g/mol. The molecule has 2 aliphatic rings. The van der Waals surface area contributed by atoms with Crippen LogP contribution in [0.3, 0.4) is 0 Å². The zero-order valence-electron chi connectivity index (χ0n) is 18.7. The summed E-state index contributed by atoms with van der Waals surface area (Å²) in [5.41, 5.74) is 0.834. The van der Waals surface area contributed by atoms with E-state index in [2.05, 4.69) is 0 Å². The lowest BCUT2D eigenvalue weighted by Crippen LogP contribution is -2.44. The molecule has 0 atom stereocenters. The summed E-state index contributed by atoms with van der Waals surface area (Å²) in [6.07, 6.45) is 5.86. The fourth-order valence-corrected chi connectivity index (χ4v) is 5.62. The molecule has 0 unspecified atom stereocenters. The average Bonchev–Trinajstić information content (AvgIpc) is 2.82. The molecule has 1 saturated carbocycles. The summed E-state index contributed by atoms with van der Waals surface area (Å²) in [7, 11) is -3.26. The van der Waals surface area contributed by atoms with Crippen LogP contribution in [-0.4, -0.2) is 61.0 Å². The predicted octanol–water partition coefficient (Wildman–Crippen LogP) is 3.09. The maximum Gasteiger partial charge on any atom is 0.309 e. The first-order chi connectivity index (χ1) is 15.3. The molecular formula is C23H33FN2O5S. The van der Waals surface area contributed by atoms with Crippen LogP contribution < -0.4 is 0 Å². The fraction of sp³-hybridized carbons (Fsp3) is 0.652. The Kier molecular flexibility index (Phi) is 8.64. The zero-order chi connectivity index (χ0) is 23.1. The third-order valence-corrected chi connectivity index (χ3v) is 8.37.